The third-order valence-corrected chi connectivity index (χ3v) is 5.78. The minimum atomic E-state index is -4.04. The van der Waals surface area contributed by atoms with Crippen LogP contribution in [0.2, 0.25) is 10.0 Å². The highest BCUT2D eigenvalue weighted by molar-refractivity contribution is 7.89. The van der Waals surface area contributed by atoms with Crippen molar-refractivity contribution in [2.75, 3.05) is 0 Å². The number of aromatic nitrogens is 1. The van der Waals surface area contributed by atoms with E-state index in [-0.39, 0.29) is 21.4 Å². The van der Waals surface area contributed by atoms with E-state index in [1.807, 2.05) is 29.1 Å². The van der Waals surface area contributed by atoms with Crippen molar-refractivity contribution in [3.63, 3.8) is 0 Å². The highest BCUT2D eigenvalue weighted by atomic mass is 35.5. The number of benzene rings is 2. The van der Waals surface area contributed by atoms with Gasteiger partial charge in [-0.05, 0) is 23.8 Å². The molecular weight excluding hydrogens is 385 g/mol. The third-order valence-electron chi connectivity index (χ3n) is 3.56. The molecule has 25 heavy (non-hydrogen) atoms. The first kappa shape index (κ1) is 17.8. The summed E-state index contributed by atoms with van der Waals surface area (Å²) in [7, 11) is -4.04. The van der Waals surface area contributed by atoms with E-state index in [1.54, 1.807) is 6.20 Å². The molecule has 0 radical (unpaired) electrons. The summed E-state index contributed by atoms with van der Waals surface area (Å²) < 4.78 is 24.5. The number of nitrogens with one attached hydrogen (secondary N) is 3. The molecule has 1 amide bonds. The lowest BCUT2D eigenvalue weighted by molar-refractivity contribution is -0.120. The number of fused-ring (bicyclic) bond motifs is 1. The van der Waals surface area contributed by atoms with E-state index in [0.717, 1.165) is 16.5 Å². The lowest BCUT2D eigenvalue weighted by Gasteiger charge is -2.10. The molecule has 3 N–H and O–H groups in total. The summed E-state index contributed by atoms with van der Waals surface area (Å²) in [6, 6.07) is 11.7. The molecule has 0 fully saturated rings. The molecular formula is C16H13Cl2N3O3S. The van der Waals surface area contributed by atoms with Crippen LogP contribution in [0, 0.1) is 0 Å². The number of amides is 1. The number of aromatic amines is 1. The van der Waals surface area contributed by atoms with Gasteiger partial charge >= 0.3 is 0 Å². The Morgan fingerprint density at radius 3 is 2.64 bits per heavy atom. The third kappa shape index (κ3) is 3.80. The van der Waals surface area contributed by atoms with Gasteiger partial charge in [-0.1, -0.05) is 47.5 Å². The van der Waals surface area contributed by atoms with Crippen LogP contribution in [-0.2, 0) is 21.2 Å². The van der Waals surface area contributed by atoms with Gasteiger partial charge in [-0.3, -0.25) is 10.2 Å². The van der Waals surface area contributed by atoms with E-state index in [0.29, 0.717) is 0 Å². The number of para-hydroxylation sites is 1. The van der Waals surface area contributed by atoms with Crippen LogP contribution in [0.15, 0.2) is 53.6 Å². The first-order valence-corrected chi connectivity index (χ1v) is 9.42. The Hall–Kier alpha value is -2.06. The van der Waals surface area contributed by atoms with E-state index < -0.39 is 15.9 Å². The summed E-state index contributed by atoms with van der Waals surface area (Å²) in [6.07, 6.45) is 1.72. The highest BCUT2D eigenvalue weighted by Gasteiger charge is 2.20. The maximum Gasteiger partial charge on any atom is 0.258 e. The topological polar surface area (TPSA) is 91.1 Å². The molecule has 1 heterocycles. The van der Waals surface area contributed by atoms with Gasteiger partial charge in [0, 0.05) is 17.1 Å². The molecule has 130 valence electrons. The standard InChI is InChI=1S/C16H13Cl2N3O3S/c17-12-5-3-7-14(16(12)18)25(23,24)21-20-15(22)8-10-9-19-13-6-2-1-4-11(10)13/h1-7,9,19,21H,8H2,(H,20,22). The number of hydrogen-bond donors (Lipinski definition) is 3. The largest absolute Gasteiger partial charge is 0.361 e. The molecule has 3 aromatic rings. The summed E-state index contributed by atoms with van der Waals surface area (Å²) in [4.78, 5) is 16.9. The predicted octanol–water partition coefficient (Wildman–Crippen LogP) is 3.03. The molecule has 0 bridgehead atoms. The zero-order chi connectivity index (χ0) is 18.0. The van der Waals surface area contributed by atoms with E-state index >= 15 is 0 Å². The van der Waals surface area contributed by atoms with Gasteiger partial charge in [-0.2, -0.15) is 0 Å². The Morgan fingerprint density at radius 1 is 1.08 bits per heavy atom. The minimum absolute atomic E-state index is 0.00973. The average Bonchev–Trinajstić information content (AvgIpc) is 2.99. The molecule has 0 unspecified atom stereocenters. The first-order chi connectivity index (χ1) is 11.9. The van der Waals surface area contributed by atoms with Gasteiger partial charge in [0.15, 0.2) is 0 Å². The lowest BCUT2D eigenvalue weighted by atomic mass is 10.1. The normalized spacial score (nSPS) is 11.6. The zero-order valence-electron chi connectivity index (χ0n) is 12.7. The summed E-state index contributed by atoms with van der Waals surface area (Å²) in [5, 5.41) is 0.899. The summed E-state index contributed by atoms with van der Waals surface area (Å²) in [5.74, 6) is -0.508. The molecule has 9 heteroatoms. The molecule has 0 aliphatic carbocycles. The van der Waals surface area contributed by atoms with Gasteiger partial charge in [-0.15, -0.1) is 4.83 Å². The lowest BCUT2D eigenvalue weighted by Crippen LogP contribution is -2.42. The highest BCUT2D eigenvalue weighted by Crippen LogP contribution is 2.28. The van der Waals surface area contributed by atoms with E-state index in [2.05, 4.69) is 10.4 Å². The quantitative estimate of drug-likeness (QED) is 0.577. The SMILES string of the molecule is O=C(Cc1c[nH]c2ccccc12)NNS(=O)(=O)c1cccc(Cl)c1Cl. The van der Waals surface area contributed by atoms with Crippen LogP contribution in [0.4, 0.5) is 0 Å². The number of H-pyrrole nitrogens is 1. The van der Waals surface area contributed by atoms with Crippen LogP contribution in [0.3, 0.4) is 0 Å². The van der Waals surface area contributed by atoms with Crippen LogP contribution >= 0.6 is 23.2 Å². The van der Waals surface area contributed by atoms with E-state index in [4.69, 9.17) is 23.2 Å². The number of hydrazine groups is 1. The smallest absolute Gasteiger partial charge is 0.258 e. The fourth-order valence-electron chi connectivity index (χ4n) is 2.37. The van der Waals surface area contributed by atoms with E-state index in [9.17, 15) is 13.2 Å². The Kier molecular flexibility index (Phi) is 5.01. The summed E-state index contributed by atoms with van der Waals surface area (Å²) >= 11 is 11.7. The monoisotopic (exact) mass is 397 g/mol. The van der Waals surface area contributed by atoms with Crippen LogP contribution in [0.5, 0.6) is 0 Å². The molecule has 3 rings (SSSR count). The second-order valence-corrected chi connectivity index (χ2v) is 7.68. The van der Waals surface area contributed by atoms with Crippen molar-refractivity contribution in [2.24, 2.45) is 0 Å². The van der Waals surface area contributed by atoms with Gasteiger partial charge in [0.05, 0.1) is 16.5 Å². The number of carbonyl (C=O) groups excluding carboxylic acids is 1. The molecule has 0 aliphatic heterocycles. The fraction of sp³-hybridized carbons (Fsp3) is 0.0625. The van der Waals surface area contributed by atoms with Crippen molar-refractivity contribution < 1.29 is 13.2 Å². The van der Waals surface area contributed by atoms with Crippen molar-refractivity contribution in [2.45, 2.75) is 11.3 Å². The van der Waals surface area contributed by atoms with Crippen molar-refractivity contribution in [3.8, 4) is 0 Å². The Morgan fingerprint density at radius 2 is 1.84 bits per heavy atom. The number of sulfonamides is 1. The van der Waals surface area contributed by atoms with Gasteiger partial charge < -0.3 is 4.98 Å². The van der Waals surface area contributed by atoms with Gasteiger partial charge in [-0.25, -0.2) is 8.42 Å². The fourth-order valence-corrected chi connectivity index (χ4v) is 3.99. The molecule has 1 aromatic heterocycles. The maximum atomic E-state index is 12.2. The molecule has 6 nitrogen and oxygen atoms in total. The number of rotatable bonds is 5. The number of halogens is 2. The first-order valence-electron chi connectivity index (χ1n) is 7.18. The van der Waals surface area contributed by atoms with Crippen molar-refractivity contribution in [1.29, 1.82) is 0 Å². The molecule has 0 saturated carbocycles. The van der Waals surface area contributed by atoms with Crippen LogP contribution < -0.4 is 10.3 Å². The van der Waals surface area contributed by atoms with Crippen molar-refractivity contribution >= 4 is 50.0 Å². The Bertz CT molecular complexity index is 1050. The average molecular weight is 398 g/mol. The van der Waals surface area contributed by atoms with Gasteiger partial charge in [0.25, 0.3) is 10.0 Å². The maximum absolute atomic E-state index is 12.2. The molecule has 0 aliphatic rings. The van der Waals surface area contributed by atoms with Gasteiger partial charge in [0.1, 0.15) is 4.90 Å². The van der Waals surface area contributed by atoms with Crippen LogP contribution in [0.25, 0.3) is 10.9 Å². The number of hydrogen-bond acceptors (Lipinski definition) is 3. The molecule has 0 saturated heterocycles. The second kappa shape index (κ2) is 7.05. The summed E-state index contributed by atoms with van der Waals surface area (Å²) in [6.45, 7) is 0. The Labute approximate surface area is 154 Å². The van der Waals surface area contributed by atoms with Crippen molar-refractivity contribution in [1.82, 2.24) is 15.2 Å². The molecule has 0 atom stereocenters. The van der Waals surface area contributed by atoms with Crippen LogP contribution in [-0.4, -0.2) is 19.3 Å². The number of carbonyl (C=O) groups is 1. The second-order valence-electron chi connectivity index (χ2n) is 5.24. The minimum Gasteiger partial charge on any atom is -0.361 e. The van der Waals surface area contributed by atoms with Crippen molar-refractivity contribution in [3.05, 3.63) is 64.3 Å². The Balaban J connectivity index is 1.70. The summed E-state index contributed by atoms with van der Waals surface area (Å²) in [5.41, 5.74) is 3.84. The predicted molar refractivity (Wildman–Crippen MR) is 96.9 cm³/mol. The van der Waals surface area contributed by atoms with E-state index in [1.165, 1.54) is 18.2 Å². The molecule has 0 spiro atoms. The van der Waals surface area contributed by atoms with Crippen LogP contribution in [0.1, 0.15) is 5.56 Å². The van der Waals surface area contributed by atoms with Gasteiger partial charge in [0.2, 0.25) is 5.91 Å². The zero-order valence-corrected chi connectivity index (χ0v) is 15.0. The molecule has 2 aromatic carbocycles.